The Bertz CT molecular complexity index is 921. The summed E-state index contributed by atoms with van der Waals surface area (Å²) in [6.07, 6.45) is 1.59. The van der Waals surface area contributed by atoms with Gasteiger partial charge in [0.1, 0.15) is 5.82 Å². The van der Waals surface area contributed by atoms with E-state index >= 15 is 0 Å². The summed E-state index contributed by atoms with van der Waals surface area (Å²) in [5.41, 5.74) is 1.45. The summed E-state index contributed by atoms with van der Waals surface area (Å²) in [6, 6.07) is 13.2. The predicted molar refractivity (Wildman–Crippen MR) is 114 cm³/mol. The van der Waals surface area contributed by atoms with Crippen molar-refractivity contribution in [3.63, 3.8) is 0 Å². The Kier molecular flexibility index (Phi) is 6.35. The summed E-state index contributed by atoms with van der Waals surface area (Å²) in [5.74, 6) is -0.215. The molecule has 4 rings (SSSR count). The molecule has 5 nitrogen and oxygen atoms in total. The first-order valence-corrected chi connectivity index (χ1v) is 10.7. The topological polar surface area (TPSA) is 43.9 Å². The third-order valence-electron chi connectivity index (χ3n) is 5.92. The van der Waals surface area contributed by atoms with Gasteiger partial charge >= 0.3 is 0 Å². The molecule has 0 aromatic heterocycles. The van der Waals surface area contributed by atoms with Crippen molar-refractivity contribution in [3.8, 4) is 0 Å². The smallest absolute Gasteiger partial charge is 0.255 e. The Hall–Kier alpha value is -2.44. The predicted octanol–water partition coefficient (Wildman–Crippen LogP) is 3.43. The lowest BCUT2D eigenvalue weighted by molar-refractivity contribution is -0.132. The van der Waals surface area contributed by atoms with Crippen LogP contribution >= 0.6 is 11.6 Å². The molecular weight excluding hydrogens is 405 g/mol. The molecule has 1 atom stereocenters. The minimum atomic E-state index is -0.273. The van der Waals surface area contributed by atoms with Crippen LogP contribution in [0.4, 0.5) is 4.39 Å². The quantitative estimate of drug-likeness (QED) is 0.748. The molecule has 7 heteroatoms. The summed E-state index contributed by atoms with van der Waals surface area (Å²) >= 11 is 6.19. The maximum atomic E-state index is 13.1. The number of likely N-dealkylation sites (tertiary alicyclic amines) is 1. The van der Waals surface area contributed by atoms with Gasteiger partial charge in [0, 0.05) is 39.3 Å². The zero-order valence-electron chi connectivity index (χ0n) is 16.8. The fourth-order valence-electron chi connectivity index (χ4n) is 4.29. The van der Waals surface area contributed by atoms with E-state index in [9.17, 15) is 14.0 Å². The van der Waals surface area contributed by atoms with Crippen LogP contribution in [0.5, 0.6) is 0 Å². The van der Waals surface area contributed by atoms with Crippen molar-refractivity contribution in [2.24, 2.45) is 0 Å². The van der Waals surface area contributed by atoms with Crippen molar-refractivity contribution in [1.82, 2.24) is 14.7 Å². The first-order chi connectivity index (χ1) is 14.5. The van der Waals surface area contributed by atoms with Gasteiger partial charge in [0.25, 0.3) is 5.91 Å². The minimum Gasteiger partial charge on any atom is -0.337 e. The van der Waals surface area contributed by atoms with Crippen LogP contribution in [-0.2, 0) is 11.3 Å². The molecule has 2 amide bonds. The molecule has 0 N–H and O–H groups in total. The Balaban J connectivity index is 1.36. The van der Waals surface area contributed by atoms with Crippen LogP contribution in [0.2, 0.25) is 5.02 Å². The van der Waals surface area contributed by atoms with Gasteiger partial charge < -0.3 is 9.80 Å². The molecule has 2 aliphatic heterocycles. The van der Waals surface area contributed by atoms with Gasteiger partial charge in [0.2, 0.25) is 5.91 Å². The van der Waals surface area contributed by atoms with E-state index in [1.165, 1.54) is 12.1 Å². The summed E-state index contributed by atoms with van der Waals surface area (Å²) in [4.78, 5) is 31.7. The second-order valence-electron chi connectivity index (χ2n) is 7.85. The van der Waals surface area contributed by atoms with Crippen LogP contribution in [0.15, 0.2) is 48.5 Å². The zero-order valence-corrected chi connectivity index (χ0v) is 17.5. The molecule has 0 saturated carbocycles. The van der Waals surface area contributed by atoms with E-state index in [-0.39, 0.29) is 23.7 Å². The van der Waals surface area contributed by atoms with E-state index in [4.69, 9.17) is 11.6 Å². The SMILES string of the molecule is O=C(c1ccccc1Cl)N1CCCN(C2CCN(Cc3ccc(F)cc3)C2=O)CC1. The number of hydrogen-bond acceptors (Lipinski definition) is 3. The lowest BCUT2D eigenvalue weighted by Gasteiger charge is -2.27. The zero-order chi connectivity index (χ0) is 21.1. The van der Waals surface area contributed by atoms with E-state index in [1.807, 2.05) is 21.9 Å². The number of benzene rings is 2. The van der Waals surface area contributed by atoms with Crippen LogP contribution < -0.4 is 0 Å². The molecular formula is C23H25ClFN3O2. The maximum Gasteiger partial charge on any atom is 0.255 e. The van der Waals surface area contributed by atoms with E-state index in [2.05, 4.69) is 4.90 Å². The third kappa shape index (κ3) is 4.50. The molecule has 2 aromatic rings. The van der Waals surface area contributed by atoms with Crippen LogP contribution in [0.25, 0.3) is 0 Å². The minimum absolute atomic E-state index is 0.0573. The first kappa shape index (κ1) is 20.8. The molecule has 2 fully saturated rings. The highest BCUT2D eigenvalue weighted by atomic mass is 35.5. The Morgan fingerprint density at radius 3 is 2.53 bits per heavy atom. The number of carbonyl (C=O) groups is 2. The van der Waals surface area contributed by atoms with Gasteiger partial charge in [-0.05, 0) is 42.7 Å². The molecule has 2 heterocycles. The van der Waals surface area contributed by atoms with Gasteiger partial charge in [0.05, 0.1) is 16.6 Å². The van der Waals surface area contributed by atoms with Crippen LogP contribution in [0, 0.1) is 5.82 Å². The van der Waals surface area contributed by atoms with Crippen molar-refractivity contribution >= 4 is 23.4 Å². The summed E-state index contributed by atoms with van der Waals surface area (Å²) < 4.78 is 13.1. The van der Waals surface area contributed by atoms with Crippen LogP contribution in [0.3, 0.4) is 0 Å². The second kappa shape index (κ2) is 9.14. The molecule has 2 aromatic carbocycles. The maximum absolute atomic E-state index is 13.1. The van der Waals surface area contributed by atoms with Crippen molar-refractivity contribution in [2.75, 3.05) is 32.7 Å². The highest BCUT2D eigenvalue weighted by molar-refractivity contribution is 6.33. The highest BCUT2D eigenvalue weighted by Gasteiger charge is 2.36. The lowest BCUT2D eigenvalue weighted by Crippen LogP contribution is -2.44. The summed E-state index contributed by atoms with van der Waals surface area (Å²) in [6.45, 7) is 3.87. The molecule has 158 valence electrons. The van der Waals surface area contributed by atoms with Crippen LogP contribution in [0.1, 0.15) is 28.8 Å². The van der Waals surface area contributed by atoms with Gasteiger partial charge in [0.15, 0.2) is 0 Å². The lowest BCUT2D eigenvalue weighted by atomic mass is 10.2. The van der Waals surface area contributed by atoms with Crippen LogP contribution in [-0.4, -0.2) is 65.3 Å². The standard InChI is InChI=1S/C23H25ClFN3O2/c24-20-5-2-1-4-19(20)22(29)27-12-3-11-26(14-15-27)21-10-13-28(23(21)30)16-17-6-8-18(25)9-7-17/h1-2,4-9,21H,3,10-16H2. The number of amides is 2. The first-order valence-electron chi connectivity index (χ1n) is 10.3. The summed E-state index contributed by atoms with van der Waals surface area (Å²) in [5, 5.41) is 0.464. The van der Waals surface area contributed by atoms with Crippen molar-refractivity contribution in [2.45, 2.75) is 25.4 Å². The van der Waals surface area contributed by atoms with E-state index < -0.39 is 0 Å². The highest BCUT2D eigenvalue weighted by Crippen LogP contribution is 2.23. The fourth-order valence-corrected chi connectivity index (χ4v) is 4.50. The number of nitrogens with zero attached hydrogens (tertiary/aromatic N) is 3. The van der Waals surface area contributed by atoms with Gasteiger partial charge in [-0.25, -0.2) is 4.39 Å². The van der Waals surface area contributed by atoms with E-state index in [1.54, 1.807) is 24.3 Å². The second-order valence-corrected chi connectivity index (χ2v) is 8.26. The Labute approximate surface area is 181 Å². The van der Waals surface area contributed by atoms with Gasteiger partial charge in [-0.3, -0.25) is 14.5 Å². The number of carbonyl (C=O) groups excluding carboxylic acids is 2. The van der Waals surface area contributed by atoms with Crippen molar-refractivity contribution < 1.29 is 14.0 Å². The molecule has 0 radical (unpaired) electrons. The average molecular weight is 430 g/mol. The number of hydrogen-bond donors (Lipinski definition) is 0. The molecule has 2 aliphatic rings. The normalized spacial score (nSPS) is 20.5. The van der Waals surface area contributed by atoms with Gasteiger partial charge in [-0.15, -0.1) is 0 Å². The van der Waals surface area contributed by atoms with Gasteiger partial charge in [-0.2, -0.15) is 0 Å². The average Bonchev–Trinajstić information content (AvgIpc) is 2.95. The molecule has 30 heavy (non-hydrogen) atoms. The number of rotatable bonds is 4. The molecule has 0 bridgehead atoms. The van der Waals surface area contributed by atoms with Crippen molar-refractivity contribution in [1.29, 1.82) is 0 Å². The largest absolute Gasteiger partial charge is 0.337 e. The Morgan fingerprint density at radius 2 is 1.77 bits per heavy atom. The number of halogens is 2. The molecule has 2 saturated heterocycles. The monoisotopic (exact) mass is 429 g/mol. The Morgan fingerprint density at radius 1 is 1.00 bits per heavy atom. The fraction of sp³-hybridized carbons (Fsp3) is 0.391. The third-order valence-corrected chi connectivity index (χ3v) is 6.25. The molecule has 0 spiro atoms. The molecule has 0 aliphatic carbocycles. The van der Waals surface area contributed by atoms with E-state index in [0.717, 1.165) is 24.9 Å². The van der Waals surface area contributed by atoms with Crippen molar-refractivity contribution in [3.05, 3.63) is 70.5 Å². The summed E-state index contributed by atoms with van der Waals surface area (Å²) in [7, 11) is 0. The van der Waals surface area contributed by atoms with Gasteiger partial charge in [-0.1, -0.05) is 35.9 Å². The molecule has 1 unspecified atom stereocenters. The van der Waals surface area contributed by atoms with E-state index in [0.29, 0.717) is 43.3 Å².